The van der Waals surface area contributed by atoms with E-state index in [1.54, 1.807) is 19.2 Å². The van der Waals surface area contributed by atoms with Gasteiger partial charge in [0.15, 0.2) is 0 Å². The lowest BCUT2D eigenvalue weighted by atomic mass is 10.2. The Labute approximate surface area is 100 Å². The second-order valence-corrected chi connectivity index (χ2v) is 3.38. The highest BCUT2D eigenvalue weighted by Gasteiger charge is 2.30. The first-order valence-electron chi connectivity index (χ1n) is 5.06. The first-order valence-corrected chi connectivity index (χ1v) is 5.06. The molecule has 4 nitrogen and oxygen atoms in total. The van der Waals surface area contributed by atoms with Gasteiger partial charge < -0.3 is 10.1 Å². The fourth-order valence-corrected chi connectivity index (χ4v) is 1.09. The molecule has 2 N–H and O–H groups in total. The molecule has 2 rings (SSSR count). The number of aliphatic carboxylic acids is 1. The van der Waals surface area contributed by atoms with E-state index in [0.717, 1.165) is 12.3 Å². The standard InChI is InChI=1S/C8H5F3N2.C3H6O2/c9-8(10,11)6-3-5-1-2-12-7(5)13-4-6;1-2-3(4)5/h1-4H,(H,12,13);2H2,1H3,(H,4,5). The first kappa shape index (κ1) is 14.0. The van der Waals surface area contributed by atoms with Crippen molar-refractivity contribution in [3.63, 3.8) is 0 Å². The van der Waals surface area contributed by atoms with Crippen LogP contribution < -0.4 is 0 Å². The van der Waals surface area contributed by atoms with Crippen LogP contribution in [0.4, 0.5) is 13.2 Å². The number of carboxylic acid groups (broad SMARTS) is 1. The van der Waals surface area contributed by atoms with E-state index in [4.69, 9.17) is 5.11 Å². The Morgan fingerprint density at radius 2 is 2.11 bits per heavy atom. The molecule has 0 amide bonds. The molecule has 7 heteroatoms. The Balaban J connectivity index is 0.000000280. The van der Waals surface area contributed by atoms with Gasteiger partial charge in [-0.3, -0.25) is 4.79 Å². The van der Waals surface area contributed by atoms with Crippen molar-refractivity contribution in [1.82, 2.24) is 9.97 Å². The third-order valence-electron chi connectivity index (χ3n) is 2.03. The second kappa shape index (κ2) is 5.52. The fourth-order valence-electron chi connectivity index (χ4n) is 1.09. The summed E-state index contributed by atoms with van der Waals surface area (Å²) < 4.78 is 36.5. The van der Waals surface area contributed by atoms with Crippen LogP contribution in [0.2, 0.25) is 0 Å². The highest BCUT2D eigenvalue weighted by atomic mass is 19.4. The molecule has 2 heterocycles. The second-order valence-electron chi connectivity index (χ2n) is 3.38. The SMILES string of the molecule is CCC(=O)O.FC(F)(F)c1cnc2[nH]ccc2c1. The van der Waals surface area contributed by atoms with Gasteiger partial charge in [-0.2, -0.15) is 13.2 Å². The van der Waals surface area contributed by atoms with Crippen molar-refractivity contribution in [3.05, 3.63) is 30.1 Å². The van der Waals surface area contributed by atoms with Crippen LogP contribution in [0.15, 0.2) is 24.5 Å². The van der Waals surface area contributed by atoms with Crippen LogP contribution in [-0.4, -0.2) is 21.0 Å². The average Bonchev–Trinajstić information content (AvgIpc) is 2.75. The summed E-state index contributed by atoms with van der Waals surface area (Å²) in [7, 11) is 0. The minimum absolute atomic E-state index is 0.222. The Kier molecular flexibility index (Phi) is 4.30. The molecule has 0 atom stereocenters. The van der Waals surface area contributed by atoms with Gasteiger partial charge in [-0.1, -0.05) is 6.92 Å². The van der Waals surface area contributed by atoms with Crippen LogP contribution in [0.25, 0.3) is 11.0 Å². The zero-order chi connectivity index (χ0) is 13.8. The zero-order valence-electron chi connectivity index (χ0n) is 9.45. The van der Waals surface area contributed by atoms with Crippen LogP contribution in [0, 0.1) is 0 Å². The molecule has 0 aromatic carbocycles. The Hall–Kier alpha value is -2.05. The normalized spacial score (nSPS) is 10.9. The molecule has 0 aliphatic heterocycles. The number of hydrogen-bond donors (Lipinski definition) is 2. The van der Waals surface area contributed by atoms with Crippen molar-refractivity contribution in [2.24, 2.45) is 0 Å². The molecule has 0 bridgehead atoms. The highest BCUT2D eigenvalue weighted by Crippen LogP contribution is 2.29. The maximum atomic E-state index is 12.2. The molecule has 0 saturated carbocycles. The molecule has 0 radical (unpaired) electrons. The minimum Gasteiger partial charge on any atom is -0.481 e. The van der Waals surface area contributed by atoms with Gasteiger partial charge in [0.2, 0.25) is 0 Å². The lowest BCUT2D eigenvalue weighted by Crippen LogP contribution is -2.04. The van der Waals surface area contributed by atoms with Gasteiger partial charge in [0.1, 0.15) is 5.65 Å². The van der Waals surface area contributed by atoms with Gasteiger partial charge in [0.25, 0.3) is 0 Å². The molecule has 0 spiro atoms. The molecular weight excluding hydrogens is 249 g/mol. The van der Waals surface area contributed by atoms with Gasteiger partial charge in [0.05, 0.1) is 5.56 Å². The van der Waals surface area contributed by atoms with E-state index in [1.165, 1.54) is 0 Å². The summed E-state index contributed by atoms with van der Waals surface area (Å²) in [4.78, 5) is 15.7. The lowest BCUT2D eigenvalue weighted by molar-refractivity contribution is -0.138. The van der Waals surface area contributed by atoms with E-state index in [-0.39, 0.29) is 6.42 Å². The molecule has 0 fully saturated rings. The maximum Gasteiger partial charge on any atom is 0.417 e. The van der Waals surface area contributed by atoms with Crippen molar-refractivity contribution in [3.8, 4) is 0 Å². The number of rotatable bonds is 1. The monoisotopic (exact) mass is 260 g/mol. The Morgan fingerprint density at radius 1 is 1.50 bits per heavy atom. The van der Waals surface area contributed by atoms with Crippen molar-refractivity contribution < 1.29 is 23.1 Å². The fraction of sp³-hybridized carbons (Fsp3) is 0.273. The molecule has 2 aromatic rings. The van der Waals surface area contributed by atoms with Crippen LogP contribution >= 0.6 is 0 Å². The van der Waals surface area contributed by atoms with Crippen molar-refractivity contribution in [2.75, 3.05) is 0 Å². The van der Waals surface area contributed by atoms with Crippen LogP contribution in [0.5, 0.6) is 0 Å². The summed E-state index contributed by atoms with van der Waals surface area (Å²) in [6, 6.07) is 2.62. The number of aromatic nitrogens is 2. The number of hydrogen-bond acceptors (Lipinski definition) is 2. The molecule has 0 aliphatic carbocycles. The van der Waals surface area contributed by atoms with E-state index in [1.807, 2.05) is 0 Å². The number of nitrogens with zero attached hydrogens (tertiary/aromatic N) is 1. The van der Waals surface area contributed by atoms with E-state index >= 15 is 0 Å². The molecule has 0 unspecified atom stereocenters. The lowest BCUT2D eigenvalue weighted by Gasteiger charge is -2.04. The summed E-state index contributed by atoms with van der Waals surface area (Å²) in [5, 5.41) is 8.19. The number of pyridine rings is 1. The van der Waals surface area contributed by atoms with Gasteiger partial charge in [0, 0.05) is 24.2 Å². The molecule has 18 heavy (non-hydrogen) atoms. The zero-order valence-corrected chi connectivity index (χ0v) is 9.45. The number of carbonyl (C=O) groups is 1. The quantitative estimate of drug-likeness (QED) is 0.828. The van der Waals surface area contributed by atoms with Crippen LogP contribution in [0.1, 0.15) is 18.9 Å². The van der Waals surface area contributed by atoms with Crippen molar-refractivity contribution in [1.29, 1.82) is 0 Å². The predicted octanol–water partition coefficient (Wildman–Crippen LogP) is 3.06. The number of carboxylic acids is 1. The van der Waals surface area contributed by atoms with E-state index in [9.17, 15) is 18.0 Å². The van der Waals surface area contributed by atoms with Gasteiger partial charge in [-0.15, -0.1) is 0 Å². The van der Waals surface area contributed by atoms with E-state index < -0.39 is 17.7 Å². The summed E-state index contributed by atoms with van der Waals surface area (Å²) in [6.07, 6.45) is -1.73. The Bertz CT molecular complexity index is 534. The number of fused-ring (bicyclic) bond motifs is 1. The molecule has 2 aromatic heterocycles. The van der Waals surface area contributed by atoms with Crippen LogP contribution in [0.3, 0.4) is 0 Å². The topological polar surface area (TPSA) is 66.0 Å². The third-order valence-corrected chi connectivity index (χ3v) is 2.03. The van der Waals surface area contributed by atoms with E-state index in [0.29, 0.717) is 11.0 Å². The number of halogens is 3. The van der Waals surface area contributed by atoms with Crippen molar-refractivity contribution >= 4 is 17.0 Å². The highest BCUT2D eigenvalue weighted by molar-refractivity contribution is 5.75. The largest absolute Gasteiger partial charge is 0.481 e. The minimum atomic E-state index is -4.32. The van der Waals surface area contributed by atoms with Gasteiger partial charge >= 0.3 is 12.1 Å². The Morgan fingerprint density at radius 3 is 2.61 bits per heavy atom. The molecule has 98 valence electrons. The smallest absolute Gasteiger partial charge is 0.417 e. The van der Waals surface area contributed by atoms with Crippen molar-refractivity contribution in [2.45, 2.75) is 19.5 Å². The predicted molar refractivity (Wildman–Crippen MR) is 59.0 cm³/mol. The number of nitrogens with one attached hydrogen (secondary N) is 1. The summed E-state index contributed by atoms with van der Waals surface area (Å²) in [5.74, 6) is -0.745. The maximum absolute atomic E-state index is 12.2. The number of H-pyrrole nitrogens is 1. The molecule has 0 saturated heterocycles. The summed E-state index contributed by atoms with van der Waals surface area (Å²) >= 11 is 0. The molecule has 0 aliphatic rings. The first-order chi connectivity index (χ1) is 8.34. The summed E-state index contributed by atoms with van der Waals surface area (Å²) in [5.41, 5.74) is -0.257. The molecular formula is C11H11F3N2O2. The van der Waals surface area contributed by atoms with Gasteiger partial charge in [-0.05, 0) is 12.1 Å². The van der Waals surface area contributed by atoms with E-state index in [2.05, 4.69) is 9.97 Å². The number of alkyl halides is 3. The van der Waals surface area contributed by atoms with Crippen LogP contribution in [-0.2, 0) is 11.0 Å². The average molecular weight is 260 g/mol. The van der Waals surface area contributed by atoms with Gasteiger partial charge in [-0.25, -0.2) is 4.98 Å². The summed E-state index contributed by atoms with van der Waals surface area (Å²) in [6.45, 7) is 1.60. The number of aromatic amines is 1. The third kappa shape index (κ3) is 3.76.